The van der Waals surface area contributed by atoms with Gasteiger partial charge in [0.2, 0.25) is 0 Å². The summed E-state index contributed by atoms with van der Waals surface area (Å²) in [6.07, 6.45) is 4.55. The van der Waals surface area contributed by atoms with E-state index in [9.17, 15) is 10.1 Å². The van der Waals surface area contributed by atoms with Crippen LogP contribution in [-0.2, 0) is 14.9 Å². The number of rotatable bonds is 7. The van der Waals surface area contributed by atoms with Gasteiger partial charge in [-0.05, 0) is 80.9 Å². The first kappa shape index (κ1) is 25.3. The molecule has 0 aromatic heterocycles. The fourth-order valence-electron chi connectivity index (χ4n) is 7.09. The second-order valence-corrected chi connectivity index (χ2v) is 11.0. The minimum absolute atomic E-state index is 0.0351. The predicted molar refractivity (Wildman–Crippen MR) is 143 cm³/mol. The summed E-state index contributed by atoms with van der Waals surface area (Å²) in [5.74, 6) is 0.675. The van der Waals surface area contributed by atoms with Crippen molar-refractivity contribution in [3.63, 3.8) is 0 Å². The van der Waals surface area contributed by atoms with Gasteiger partial charge in [0.1, 0.15) is 6.10 Å². The maximum absolute atomic E-state index is 11.9. The lowest BCUT2D eigenvalue weighted by Gasteiger charge is -2.47. The van der Waals surface area contributed by atoms with E-state index in [1.54, 1.807) is 0 Å². The normalized spacial score (nSPS) is 24.5. The molecule has 2 saturated heterocycles. The Bertz CT molecular complexity index is 1150. The number of esters is 1. The number of hydrogen-bond acceptors (Lipinski definition) is 6. The highest BCUT2D eigenvalue weighted by atomic mass is 16.5. The number of ether oxygens (including phenoxy) is 1. The molecule has 3 atom stereocenters. The van der Waals surface area contributed by atoms with E-state index in [1.165, 1.54) is 12.6 Å². The van der Waals surface area contributed by atoms with Gasteiger partial charge in [-0.2, -0.15) is 10.5 Å². The molecule has 2 heterocycles. The molecule has 6 heteroatoms. The molecule has 5 rings (SSSR count). The molecule has 192 valence electrons. The molecular weight excluding hydrogens is 460 g/mol. The summed E-state index contributed by atoms with van der Waals surface area (Å²) < 4.78 is 5.78. The number of piperidine rings is 1. The van der Waals surface area contributed by atoms with Crippen LogP contribution in [0, 0.1) is 40.4 Å². The van der Waals surface area contributed by atoms with E-state index in [2.05, 4.69) is 34.1 Å². The molecule has 0 bridgehead atoms. The zero-order chi connectivity index (χ0) is 25.8. The average molecular weight is 497 g/mol. The van der Waals surface area contributed by atoms with Crippen LogP contribution in [0.1, 0.15) is 50.2 Å². The van der Waals surface area contributed by atoms with E-state index in [4.69, 9.17) is 10.00 Å². The van der Waals surface area contributed by atoms with Crippen molar-refractivity contribution in [1.82, 2.24) is 4.90 Å². The van der Waals surface area contributed by atoms with Gasteiger partial charge in [-0.3, -0.25) is 4.79 Å². The van der Waals surface area contributed by atoms with Crippen molar-refractivity contribution < 1.29 is 9.53 Å². The van der Waals surface area contributed by atoms with Gasteiger partial charge in [-0.15, -0.1) is 0 Å². The van der Waals surface area contributed by atoms with E-state index < -0.39 is 5.41 Å². The predicted octanol–water partition coefficient (Wildman–Crippen LogP) is 4.90. The second-order valence-electron chi connectivity index (χ2n) is 11.0. The summed E-state index contributed by atoms with van der Waals surface area (Å²) in [5, 5.41) is 19.8. The molecule has 0 radical (unpaired) electrons. The molecule has 0 amide bonds. The standard InChI is InChI=1S/C31H36N4O2/c1-23(36)37-30-9-5-8-29(30)31(22-33,26-6-3-2-4-7-26)27-14-16-34(17-15-27)19-25-20-35(21-25)28-12-10-24(18-32)11-13-28/h2-4,6-7,10-13,25,27,29-30H,5,8-9,14-17,19-21H2,1H3/t29-,30?,31-/m0/s1. The molecule has 1 unspecified atom stereocenters. The molecule has 37 heavy (non-hydrogen) atoms. The van der Waals surface area contributed by atoms with Crippen LogP contribution in [0.15, 0.2) is 54.6 Å². The zero-order valence-corrected chi connectivity index (χ0v) is 21.7. The molecule has 3 aliphatic rings. The van der Waals surface area contributed by atoms with E-state index in [-0.39, 0.29) is 23.9 Å². The Hall–Kier alpha value is -3.35. The van der Waals surface area contributed by atoms with Crippen LogP contribution in [0.2, 0.25) is 0 Å². The Morgan fingerprint density at radius 2 is 1.70 bits per heavy atom. The number of hydrogen-bond donors (Lipinski definition) is 0. The molecule has 0 spiro atoms. The largest absolute Gasteiger partial charge is 0.462 e. The number of benzene rings is 2. The minimum Gasteiger partial charge on any atom is -0.462 e. The molecule has 1 aliphatic carbocycles. The van der Waals surface area contributed by atoms with Gasteiger partial charge in [0.05, 0.1) is 23.1 Å². The third kappa shape index (κ3) is 5.09. The fraction of sp³-hybridized carbons (Fsp3) is 0.516. The van der Waals surface area contributed by atoms with Gasteiger partial charge in [-0.25, -0.2) is 0 Å². The van der Waals surface area contributed by atoms with Crippen molar-refractivity contribution in [3.8, 4) is 12.1 Å². The van der Waals surface area contributed by atoms with E-state index in [0.717, 1.165) is 70.4 Å². The monoisotopic (exact) mass is 496 g/mol. The Balaban J connectivity index is 1.24. The van der Waals surface area contributed by atoms with Crippen molar-refractivity contribution >= 4 is 11.7 Å². The van der Waals surface area contributed by atoms with Gasteiger partial charge in [0.15, 0.2) is 0 Å². The van der Waals surface area contributed by atoms with E-state index in [1.807, 2.05) is 42.5 Å². The number of nitriles is 2. The smallest absolute Gasteiger partial charge is 0.302 e. The lowest BCUT2D eigenvalue weighted by molar-refractivity contribution is -0.149. The molecule has 6 nitrogen and oxygen atoms in total. The third-order valence-electron chi connectivity index (χ3n) is 8.86. The van der Waals surface area contributed by atoms with Gasteiger partial charge < -0.3 is 14.5 Å². The lowest BCUT2D eigenvalue weighted by Crippen LogP contribution is -2.54. The summed E-state index contributed by atoms with van der Waals surface area (Å²) in [7, 11) is 0. The number of carbonyl (C=O) groups excluding carboxylic acids is 1. The van der Waals surface area contributed by atoms with E-state index in [0.29, 0.717) is 11.5 Å². The Morgan fingerprint density at radius 3 is 2.32 bits per heavy atom. The minimum atomic E-state index is -0.632. The molecule has 0 N–H and O–H groups in total. The van der Waals surface area contributed by atoms with Crippen molar-refractivity contribution in [1.29, 1.82) is 10.5 Å². The zero-order valence-electron chi connectivity index (χ0n) is 21.7. The van der Waals surface area contributed by atoms with Crippen LogP contribution in [0.4, 0.5) is 5.69 Å². The van der Waals surface area contributed by atoms with Crippen LogP contribution in [-0.4, -0.2) is 49.7 Å². The van der Waals surface area contributed by atoms with Crippen molar-refractivity contribution in [2.45, 2.75) is 50.5 Å². The summed E-state index contributed by atoms with van der Waals surface area (Å²) in [6, 6.07) is 23.1. The van der Waals surface area contributed by atoms with Crippen LogP contribution < -0.4 is 4.90 Å². The SMILES string of the molecule is CC(=O)OC1CCC[C@@H]1[C@@](C#N)(c1ccccc1)C1CCN(CC2CN(c3ccc(C#N)cc3)C2)CC1. The van der Waals surface area contributed by atoms with Gasteiger partial charge >= 0.3 is 5.97 Å². The Kier molecular flexibility index (Phi) is 7.49. The molecule has 1 saturated carbocycles. The number of carbonyl (C=O) groups is 1. The maximum atomic E-state index is 11.9. The first-order valence-electron chi connectivity index (χ1n) is 13.6. The maximum Gasteiger partial charge on any atom is 0.302 e. The van der Waals surface area contributed by atoms with E-state index >= 15 is 0 Å². The highest BCUT2D eigenvalue weighted by molar-refractivity contribution is 5.66. The highest BCUT2D eigenvalue weighted by Crippen LogP contribution is 2.51. The van der Waals surface area contributed by atoms with Gasteiger partial charge in [0.25, 0.3) is 0 Å². The summed E-state index contributed by atoms with van der Waals surface area (Å²) in [5.41, 5.74) is 2.34. The van der Waals surface area contributed by atoms with Crippen LogP contribution >= 0.6 is 0 Å². The highest BCUT2D eigenvalue weighted by Gasteiger charge is 2.53. The van der Waals surface area contributed by atoms with Gasteiger partial charge in [0, 0.05) is 44.1 Å². The van der Waals surface area contributed by atoms with Crippen molar-refractivity contribution in [2.75, 3.05) is 37.6 Å². The number of likely N-dealkylation sites (tertiary alicyclic amines) is 1. The lowest BCUT2D eigenvalue weighted by atomic mass is 9.59. The third-order valence-corrected chi connectivity index (χ3v) is 8.86. The number of anilines is 1. The molecule has 2 aromatic carbocycles. The van der Waals surface area contributed by atoms with Crippen molar-refractivity contribution in [3.05, 3.63) is 65.7 Å². The summed E-state index contributed by atoms with van der Waals surface area (Å²) >= 11 is 0. The average Bonchev–Trinajstić information content (AvgIpc) is 3.36. The van der Waals surface area contributed by atoms with Crippen LogP contribution in [0.5, 0.6) is 0 Å². The number of nitrogens with zero attached hydrogens (tertiary/aromatic N) is 4. The Labute approximate surface area is 220 Å². The second kappa shape index (κ2) is 11.0. The molecular formula is C31H36N4O2. The summed E-state index contributed by atoms with van der Waals surface area (Å²) in [4.78, 5) is 16.8. The van der Waals surface area contributed by atoms with Crippen LogP contribution in [0.3, 0.4) is 0 Å². The molecule has 3 fully saturated rings. The van der Waals surface area contributed by atoms with Crippen molar-refractivity contribution in [2.24, 2.45) is 17.8 Å². The first-order chi connectivity index (χ1) is 18.0. The van der Waals surface area contributed by atoms with Crippen LogP contribution in [0.25, 0.3) is 0 Å². The molecule has 2 aliphatic heterocycles. The fourth-order valence-corrected chi connectivity index (χ4v) is 7.09. The molecule has 2 aromatic rings. The Morgan fingerprint density at radius 1 is 1.00 bits per heavy atom. The van der Waals surface area contributed by atoms with Gasteiger partial charge in [-0.1, -0.05) is 30.3 Å². The quantitative estimate of drug-likeness (QED) is 0.507. The first-order valence-corrected chi connectivity index (χ1v) is 13.6. The summed E-state index contributed by atoms with van der Waals surface area (Å²) in [6.45, 7) is 6.66. The topological polar surface area (TPSA) is 80.4 Å².